The first-order valence-electron chi connectivity index (χ1n) is 6.72. The van der Waals surface area contributed by atoms with Gasteiger partial charge in [-0.3, -0.25) is 9.59 Å². The molecule has 0 fully saturated rings. The molecular weight excluding hydrogens is 258 g/mol. The highest BCUT2D eigenvalue weighted by molar-refractivity contribution is 5.78. The van der Waals surface area contributed by atoms with Crippen molar-refractivity contribution in [3.05, 3.63) is 29.8 Å². The van der Waals surface area contributed by atoms with Crippen molar-refractivity contribution >= 4 is 11.9 Å². The molecule has 1 unspecified atom stereocenters. The lowest BCUT2D eigenvalue weighted by Crippen LogP contribution is -2.35. The Hall–Kier alpha value is -2.04. The number of aliphatic carboxylic acids is 1. The summed E-state index contributed by atoms with van der Waals surface area (Å²) in [5, 5.41) is 11.6. The molecule has 0 radical (unpaired) electrons. The van der Waals surface area contributed by atoms with Crippen LogP contribution in [0.5, 0.6) is 5.75 Å². The Balaban J connectivity index is 2.34. The van der Waals surface area contributed by atoms with Gasteiger partial charge in [-0.15, -0.1) is 0 Å². The zero-order chi connectivity index (χ0) is 15.0. The number of hydrogen-bond donors (Lipinski definition) is 2. The van der Waals surface area contributed by atoms with E-state index in [-0.39, 0.29) is 19.1 Å². The maximum atomic E-state index is 11.6. The number of carboxylic acids is 1. The number of benzene rings is 1. The Morgan fingerprint density at radius 1 is 1.40 bits per heavy atom. The summed E-state index contributed by atoms with van der Waals surface area (Å²) in [6.07, 6.45) is 1.32. The molecule has 110 valence electrons. The number of rotatable bonds is 8. The van der Waals surface area contributed by atoms with Gasteiger partial charge >= 0.3 is 5.97 Å². The van der Waals surface area contributed by atoms with Gasteiger partial charge in [0.05, 0.1) is 5.92 Å². The number of carbonyl (C=O) groups excluding carboxylic acids is 1. The van der Waals surface area contributed by atoms with Gasteiger partial charge in [-0.1, -0.05) is 25.5 Å². The third kappa shape index (κ3) is 5.73. The molecule has 1 aromatic rings. The summed E-state index contributed by atoms with van der Waals surface area (Å²) in [6.45, 7) is 3.88. The largest absolute Gasteiger partial charge is 0.484 e. The highest BCUT2D eigenvalue weighted by Gasteiger charge is 2.17. The number of ether oxygens (including phenoxy) is 1. The van der Waals surface area contributed by atoms with Crippen LogP contribution in [0.1, 0.15) is 25.3 Å². The Labute approximate surface area is 118 Å². The van der Waals surface area contributed by atoms with Crippen LogP contribution in [0.3, 0.4) is 0 Å². The van der Waals surface area contributed by atoms with Gasteiger partial charge < -0.3 is 15.2 Å². The minimum absolute atomic E-state index is 0.109. The predicted octanol–water partition coefficient (Wildman–Crippen LogP) is 1.99. The van der Waals surface area contributed by atoms with Crippen molar-refractivity contribution in [2.24, 2.45) is 5.92 Å². The number of nitrogens with one attached hydrogen (secondary N) is 1. The van der Waals surface area contributed by atoms with Crippen molar-refractivity contribution < 1.29 is 19.4 Å². The average Bonchev–Trinajstić information content (AvgIpc) is 2.41. The van der Waals surface area contributed by atoms with E-state index < -0.39 is 11.9 Å². The standard InChI is InChI=1S/C15H21NO4/c1-3-5-12(15(18)19)9-16-14(17)10-20-13-7-4-6-11(2)8-13/h4,6-8,12H,3,5,9-10H2,1-2H3,(H,16,17)(H,18,19). The fraction of sp³-hybridized carbons (Fsp3) is 0.467. The zero-order valence-electron chi connectivity index (χ0n) is 11.9. The van der Waals surface area contributed by atoms with Crippen LogP contribution in [0.2, 0.25) is 0 Å². The van der Waals surface area contributed by atoms with E-state index in [2.05, 4.69) is 5.32 Å². The van der Waals surface area contributed by atoms with Crippen molar-refractivity contribution in [1.29, 1.82) is 0 Å². The van der Waals surface area contributed by atoms with Crippen LogP contribution < -0.4 is 10.1 Å². The lowest BCUT2D eigenvalue weighted by molar-refractivity contribution is -0.142. The summed E-state index contributed by atoms with van der Waals surface area (Å²) >= 11 is 0. The van der Waals surface area contributed by atoms with Crippen LogP contribution in [0.15, 0.2) is 24.3 Å². The summed E-state index contributed by atoms with van der Waals surface area (Å²) in [7, 11) is 0. The fourth-order valence-corrected chi connectivity index (χ4v) is 1.80. The number of hydrogen-bond acceptors (Lipinski definition) is 3. The van der Waals surface area contributed by atoms with Crippen molar-refractivity contribution in [3.63, 3.8) is 0 Å². The van der Waals surface area contributed by atoms with Crippen LogP contribution in [0, 0.1) is 12.8 Å². The third-order valence-electron chi connectivity index (χ3n) is 2.89. The fourth-order valence-electron chi connectivity index (χ4n) is 1.80. The Morgan fingerprint density at radius 3 is 2.75 bits per heavy atom. The first-order chi connectivity index (χ1) is 9.52. The van der Waals surface area contributed by atoms with Gasteiger partial charge in [-0.25, -0.2) is 0 Å². The molecule has 5 nitrogen and oxygen atoms in total. The van der Waals surface area contributed by atoms with E-state index in [0.29, 0.717) is 12.2 Å². The molecule has 0 heterocycles. The predicted molar refractivity (Wildman–Crippen MR) is 75.7 cm³/mol. The van der Waals surface area contributed by atoms with Crippen LogP contribution in [-0.4, -0.2) is 30.1 Å². The maximum absolute atomic E-state index is 11.6. The van der Waals surface area contributed by atoms with Crippen LogP contribution in [0.25, 0.3) is 0 Å². The number of carbonyl (C=O) groups is 2. The molecule has 1 amide bonds. The zero-order valence-corrected chi connectivity index (χ0v) is 11.9. The van der Waals surface area contributed by atoms with Crippen molar-refractivity contribution in [2.75, 3.05) is 13.2 Å². The molecule has 0 spiro atoms. The topological polar surface area (TPSA) is 75.6 Å². The van der Waals surface area contributed by atoms with Gasteiger partial charge in [0.15, 0.2) is 6.61 Å². The molecule has 0 aliphatic carbocycles. The Bertz CT molecular complexity index is 459. The summed E-state index contributed by atoms with van der Waals surface area (Å²) < 4.78 is 5.34. The molecule has 0 aliphatic heterocycles. The second kappa shape index (κ2) is 8.19. The van der Waals surface area contributed by atoms with Crippen molar-refractivity contribution in [3.8, 4) is 5.75 Å². The molecule has 1 atom stereocenters. The van der Waals surface area contributed by atoms with E-state index in [1.54, 1.807) is 6.07 Å². The van der Waals surface area contributed by atoms with Gasteiger partial charge in [0.25, 0.3) is 5.91 Å². The molecule has 0 aliphatic rings. The Kier molecular flexibility index (Phi) is 6.56. The van der Waals surface area contributed by atoms with E-state index in [1.165, 1.54) is 0 Å². The molecule has 2 N–H and O–H groups in total. The maximum Gasteiger partial charge on any atom is 0.308 e. The quantitative estimate of drug-likeness (QED) is 0.763. The first kappa shape index (κ1) is 16.0. The molecular formula is C15H21NO4. The lowest BCUT2D eigenvalue weighted by Gasteiger charge is -2.12. The highest BCUT2D eigenvalue weighted by atomic mass is 16.5. The van der Waals surface area contributed by atoms with E-state index in [1.807, 2.05) is 32.0 Å². The van der Waals surface area contributed by atoms with Gasteiger partial charge in [0.2, 0.25) is 0 Å². The second-order valence-electron chi connectivity index (χ2n) is 4.73. The van der Waals surface area contributed by atoms with Gasteiger partial charge in [0, 0.05) is 6.54 Å². The summed E-state index contributed by atoms with van der Waals surface area (Å²) in [5.41, 5.74) is 1.05. The van der Waals surface area contributed by atoms with Crippen LogP contribution >= 0.6 is 0 Å². The lowest BCUT2D eigenvalue weighted by atomic mass is 10.0. The van der Waals surface area contributed by atoms with Gasteiger partial charge in [-0.2, -0.15) is 0 Å². The number of amides is 1. The average molecular weight is 279 g/mol. The number of aryl methyl sites for hydroxylation is 1. The van der Waals surface area contributed by atoms with Gasteiger partial charge in [-0.05, 0) is 31.0 Å². The van der Waals surface area contributed by atoms with Gasteiger partial charge in [0.1, 0.15) is 5.75 Å². The molecule has 5 heteroatoms. The molecule has 0 saturated heterocycles. The highest BCUT2D eigenvalue weighted by Crippen LogP contribution is 2.12. The first-order valence-corrected chi connectivity index (χ1v) is 6.72. The molecule has 0 aromatic heterocycles. The monoisotopic (exact) mass is 279 g/mol. The molecule has 20 heavy (non-hydrogen) atoms. The minimum Gasteiger partial charge on any atom is -0.484 e. The second-order valence-corrected chi connectivity index (χ2v) is 4.73. The third-order valence-corrected chi connectivity index (χ3v) is 2.89. The summed E-state index contributed by atoms with van der Waals surface area (Å²) in [5.74, 6) is -1.10. The molecule has 1 rings (SSSR count). The summed E-state index contributed by atoms with van der Waals surface area (Å²) in [4.78, 5) is 22.5. The molecule has 0 bridgehead atoms. The number of carboxylic acid groups (broad SMARTS) is 1. The Morgan fingerprint density at radius 2 is 2.15 bits per heavy atom. The van der Waals surface area contributed by atoms with Crippen LogP contribution in [0.4, 0.5) is 0 Å². The summed E-state index contributed by atoms with van der Waals surface area (Å²) in [6, 6.07) is 7.40. The van der Waals surface area contributed by atoms with E-state index in [9.17, 15) is 9.59 Å². The van der Waals surface area contributed by atoms with E-state index in [4.69, 9.17) is 9.84 Å². The molecule has 1 aromatic carbocycles. The molecule has 0 saturated carbocycles. The smallest absolute Gasteiger partial charge is 0.308 e. The SMILES string of the molecule is CCCC(CNC(=O)COc1cccc(C)c1)C(=O)O. The van der Waals surface area contributed by atoms with E-state index >= 15 is 0 Å². The van der Waals surface area contributed by atoms with Crippen molar-refractivity contribution in [2.45, 2.75) is 26.7 Å². The van der Waals surface area contributed by atoms with Crippen LogP contribution in [-0.2, 0) is 9.59 Å². The normalized spacial score (nSPS) is 11.7. The van der Waals surface area contributed by atoms with E-state index in [0.717, 1.165) is 12.0 Å². The minimum atomic E-state index is -0.883. The van der Waals surface area contributed by atoms with Crippen molar-refractivity contribution in [1.82, 2.24) is 5.32 Å².